The Hall–Kier alpha value is -2.48. The van der Waals surface area contributed by atoms with E-state index in [1.54, 1.807) is 30.3 Å². The number of rotatable bonds is 4. The van der Waals surface area contributed by atoms with Crippen LogP contribution in [0.4, 0.5) is 10.5 Å². The van der Waals surface area contributed by atoms with Crippen molar-refractivity contribution in [1.82, 2.24) is 5.01 Å². The van der Waals surface area contributed by atoms with Gasteiger partial charge in [-0.2, -0.15) is 0 Å². The van der Waals surface area contributed by atoms with E-state index >= 15 is 0 Å². The Labute approximate surface area is 144 Å². The largest absolute Gasteiger partial charge is 0.508 e. The molecule has 0 aliphatic carbocycles. The number of hydrazine groups is 2. The van der Waals surface area contributed by atoms with Crippen LogP contribution in [0.25, 0.3) is 0 Å². The van der Waals surface area contributed by atoms with Gasteiger partial charge in [0.25, 0.3) is 0 Å². The van der Waals surface area contributed by atoms with Crippen molar-refractivity contribution in [3.05, 3.63) is 52.5 Å². The van der Waals surface area contributed by atoms with Gasteiger partial charge in [0.1, 0.15) is 18.1 Å². The van der Waals surface area contributed by atoms with E-state index in [1.165, 1.54) is 13.1 Å². The molecule has 2 aromatic rings. The number of nitrogens with two attached hydrogens (primary N) is 2. The topological polar surface area (TPSA) is 105 Å². The normalized spacial score (nSPS) is 10.4. The van der Waals surface area contributed by atoms with Gasteiger partial charge >= 0.3 is 6.03 Å². The van der Waals surface area contributed by atoms with Crippen LogP contribution in [-0.2, 0) is 6.61 Å². The number of aromatic hydroxyl groups is 1. The first-order chi connectivity index (χ1) is 11.3. The van der Waals surface area contributed by atoms with E-state index in [0.717, 1.165) is 15.6 Å². The van der Waals surface area contributed by atoms with Crippen molar-refractivity contribution in [2.24, 2.45) is 11.7 Å². The van der Waals surface area contributed by atoms with Crippen LogP contribution in [0.15, 0.2) is 36.4 Å². The van der Waals surface area contributed by atoms with E-state index in [1.807, 2.05) is 6.92 Å². The molecule has 0 bridgehead atoms. The number of amides is 2. The molecule has 0 fully saturated rings. The van der Waals surface area contributed by atoms with Crippen molar-refractivity contribution < 1.29 is 14.6 Å². The van der Waals surface area contributed by atoms with Gasteiger partial charge in [0, 0.05) is 17.6 Å². The van der Waals surface area contributed by atoms with Crippen molar-refractivity contribution >= 4 is 23.3 Å². The van der Waals surface area contributed by atoms with Gasteiger partial charge < -0.3 is 9.84 Å². The van der Waals surface area contributed by atoms with Gasteiger partial charge in [-0.1, -0.05) is 17.7 Å². The average molecular weight is 351 g/mol. The summed E-state index contributed by atoms with van der Waals surface area (Å²) < 4.78 is 5.76. The number of aryl methyl sites for hydroxylation is 1. The van der Waals surface area contributed by atoms with E-state index in [4.69, 9.17) is 28.0 Å². The highest BCUT2D eigenvalue weighted by Crippen LogP contribution is 2.29. The van der Waals surface area contributed by atoms with Gasteiger partial charge in [0.2, 0.25) is 0 Å². The number of phenolic OH excluding ortho intramolecular Hbond substituents is 1. The van der Waals surface area contributed by atoms with Gasteiger partial charge in [0.05, 0.1) is 5.69 Å². The molecule has 0 saturated heterocycles. The highest BCUT2D eigenvalue weighted by Gasteiger charge is 2.19. The predicted molar refractivity (Wildman–Crippen MR) is 92.6 cm³/mol. The van der Waals surface area contributed by atoms with Crippen LogP contribution < -0.4 is 21.4 Å². The van der Waals surface area contributed by atoms with E-state index in [9.17, 15) is 9.90 Å². The fourth-order valence-electron chi connectivity index (χ4n) is 2.13. The SMILES string of the molecule is Cc1cc(O)ccc1OCc1c(Cl)cccc1N(N)C(=O)N(C)N. The molecule has 0 saturated carbocycles. The van der Waals surface area contributed by atoms with Crippen LogP contribution >= 0.6 is 11.6 Å². The fraction of sp³-hybridized carbons (Fsp3) is 0.188. The standard InChI is InChI=1S/C16H19ClN4O3/c1-10-8-11(22)6-7-15(10)24-9-12-13(17)4-3-5-14(12)21(19)16(23)20(2)18/h3-8,22H,9,18-19H2,1-2H3. The Morgan fingerprint density at radius 2 is 2.00 bits per heavy atom. The zero-order valence-corrected chi connectivity index (χ0v) is 14.1. The molecule has 2 aromatic carbocycles. The van der Waals surface area contributed by atoms with Gasteiger partial charge in [-0.15, -0.1) is 0 Å². The van der Waals surface area contributed by atoms with Crippen LogP contribution in [0.1, 0.15) is 11.1 Å². The molecular weight excluding hydrogens is 332 g/mol. The average Bonchev–Trinajstić information content (AvgIpc) is 2.53. The molecule has 0 spiro atoms. The molecule has 0 unspecified atom stereocenters. The summed E-state index contributed by atoms with van der Waals surface area (Å²) in [5, 5.41) is 11.6. The number of hydrogen-bond donors (Lipinski definition) is 3. The summed E-state index contributed by atoms with van der Waals surface area (Å²) in [6.07, 6.45) is 0. The quantitative estimate of drug-likeness (QED) is 0.446. The second kappa shape index (κ2) is 7.39. The third kappa shape index (κ3) is 3.88. The molecule has 7 nitrogen and oxygen atoms in total. The Bertz CT molecular complexity index is 752. The molecule has 0 heterocycles. The smallest absolute Gasteiger partial charge is 0.352 e. The number of halogens is 1. The van der Waals surface area contributed by atoms with E-state index < -0.39 is 6.03 Å². The summed E-state index contributed by atoms with van der Waals surface area (Å²) >= 11 is 6.23. The monoisotopic (exact) mass is 350 g/mol. The van der Waals surface area contributed by atoms with Gasteiger partial charge in [0.15, 0.2) is 0 Å². The first-order valence-electron chi connectivity index (χ1n) is 7.08. The minimum atomic E-state index is -0.598. The second-order valence-corrected chi connectivity index (χ2v) is 5.65. The molecule has 0 atom stereocenters. The van der Waals surface area contributed by atoms with Crippen molar-refractivity contribution in [3.8, 4) is 11.5 Å². The second-order valence-electron chi connectivity index (χ2n) is 5.24. The molecular formula is C16H19ClN4O3. The van der Waals surface area contributed by atoms with Crippen LogP contribution in [0.3, 0.4) is 0 Å². The molecule has 128 valence electrons. The number of carbonyl (C=O) groups excluding carboxylic acids is 1. The number of urea groups is 1. The molecule has 8 heteroatoms. The lowest BCUT2D eigenvalue weighted by atomic mass is 10.1. The van der Waals surface area contributed by atoms with E-state index in [0.29, 0.717) is 22.0 Å². The lowest BCUT2D eigenvalue weighted by molar-refractivity contribution is 0.216. The molecule has 24 heavy (non-hydrogen) atoms. The summed E-state index contributed by atoms with van der Waals surface area (Å²) in [7, 11) is 1.39. The minimum Gasteiger partial charge on any atom is -0.508 e. The lowest BCUT2D eigenvalue weighted by Gasteiger charge is -2.23. The molecule has 0 aliphatic rings. The summed E-state index contributed by atoms with van der Waals surface area (Å²) in [5.41, 5.74) is 1.71. The molecule has 0 radical (unpaired) electrons. The number of benzene rings is 2. The van der Waals surface area contributed by atoms with E-state index in [2.05, 4.69) is 0 Å². The number of carbonyl (C=O) groups is 1. The Morgan fingerprint density at radius 3 is 2.62 bits per heavy atom. The van der Waals surface area contributed by atoms with Crippen LogP contribution in [0, 0.1) is 6.92 Å². The highest BCUT2D eigenvalue weighted by atomic mass is 35.5. The first-order valence-corrected chi connectivity index (χ1v) is 7.46. The Kier molecular flexibility index (Phi) is 5.50. The maximum Gasteiger partial charge on any atom is 0.352 e. The summed E-state index contributed by atoms with van der Waals surface area (Å²) in [4.78, 5) is 12.0. The molecule has 5 N–H and O–H groups in total. The third-order valence-corrected chi connectivity index (χ3v) is 3.75. The number of anilines is 1. The fourth-order valence-corrected chi connectivity index (χ4v) is 2.36. The third-order valence-electron chi connectivity index (χ3n) is 3.39. The van der Waals surface area contributed by atoms with Crippen LogP contribution in [0.2, 0.25) is 5.02 Å². The number of nitrogens with zero attached hydrogens (tertiary/aromatic N) is 2. The Morgan fingerprint density at radius 1 is 1.29 bits per heavy atom. The first kappa shape index (κ1) is 17.9. The van der Waals surface area contributed by atoms with E-state index in [-0.39, 0.29) is 12.4 Å². The molecule has 0 aliphatic heterocycles. The van der Waals surface area contributed by atoms with Crippen molar-refractivity contribution in [1.29, 1.82) is 0 Å². The molecule has 2 rings (SSSR count). The zero-order chi connectivity index (χ0) is 17.9. The van der Waals surface area contributed by atoms with Gasteiger partial charge in [-0.05, 0) is 42.8 Å². The van der Waals surface area contributed by atoms with Crippen molar-refractivity contribution in [2.45, 2.75) is 13.5 Å². The van der Waals surface area contributed by atoms with Crippen molar-refractivity contribution in [2.75, 3.05) is 12.1 Å². The minimum absolute atomic E-state index is 0.0931. The van der Waals surface area contributed by atoms with Crippen LogP contribution in [0.5, 0.6) is 11.5 Å². The van der Waals surface area contributed by atoms with Gasteiger partial charge in [-0.25, -0.2) is 21.5 Å². The predicted octanol–water partition coefficient (Wildman–Crippen LogP) is 2.54. The number of phenols is 1. The Balaban J connectivity index is 2.28. The lowest BCUT2D eigenvalue weighted by Crippen LogP contribution is -2.49. The maximum absolute atomic E-state index is 12.0. The summed E-state index contributed by atoms with van der Waals surface area (Å²) in [5.74, 6) is 12.0. The summed E-state index contributed by atoms with van der Waals surface area (Å²) in [6, 6.07) is 9.17. The van der Waals surface area contributed by atoms with Crippen LogP contribution in [-0.4, -0.2) is 23.2 Å². The summed E-state index contributed by atoms with van der Waals surface area (Å²) in [6.45, 7) is 1.90. The zero-order valence-electron chi connectivity index (χ0n) is 13.4. The molecule has 0 aromatic heterocycles. The van der Waals surface area contributed by atoms with Gasteiger partial charge in [-0.3, -0.25) is 5.01 Å². The number of ether oxygens (including phenoxy) is 1. The van der Waals surface area contributed by atoms with Crippen molar-refractivity contribution in [3.63, 3.8) is 0 Å². The number of hydrogen-bond acceptors (Lipinski definition) is 5. The molecule has 2 amide bonds. The maximum atomic E-state index is 12.0. The highest BCUT2D eigenvalue weighted by molar-refractivity contribution is 6.31.